The molecule has 5 heterocycles. The molecule has 1 saturated heterocycles. The van der Waals surface area contributed by atoms with E-state index in [0.29, 0.717) is 34.4 Å². The Balaban J connectivity index is 1.46. The summed E-state index contributed by atoms with van der Waals surface area (Å²) in [6, 6.07) is 5.41. The van der Waals surface area contributed by atoms with Crippen LogP contribution in [-0.4, -0.2) is 43.5 Å². The van der Waals surface area contributed by atoms with Crippen LogP contribution in [0.15, 0.2) is 47.7 Å². The Hall–Kier alpha value is -4.06. The maximum absolute atomic E-state index is 13.9. The van der Waals surface area contributed by atoms with E-state index in [1.165, 1.54) is 21.7 Å². The third kappa shape index (κ3) is 4.91. The lowest BCUT2D eigenvalue weighted by molar-refractivity contribution is -0.0271. The maximum atomic E-state index is 13.9. The van der Waals surface area contributed by atoms with Crippen LogP contribution in [0.5, 0.6) is 5.75 Å². The SMILES string of the molecule is Cc1cnc(-c2ccnc(N3CC(F)(F)C3)n2)cc1-n1c(C)cc(OCc2ncc(F)cc2F)c(Cl)c1=O. The topological polar surface area (TPSA) is 86.0 Å². The molecule has 0 amide bonds. The number of nitrogens with zero attached hydrogens (tertiary/aromatic N) is 6. The van der Waals surface area contributed by atoms with Gasteiger partial charge in [0.15, 0.2) is 5.82 Å². The first-order chi connectivity index (χ1) is 18.0. The molecular formula is C25H19ClF4N6O2. The quantitative estimate of drug-likeness (QED) is 0.325. The van der Waals surface area contributed by atoms with E-state index in [1.807, 2.05) is 0 Å². The highest BCUT2D eigenvalue weighted by Gasteiger charge is 2.45. The third-order valence-electron chi connectivity index (χ3n) is 5.90. The zero-order valence-electron chi connectivity index (χ0n) is 20.1. The molecule has 0 atom stereocenters. The van der Waals surface area contributed by atoms with E-state index < -0.39 is 36.2 Å². The van der Waals surface area contributed by atoms with Crippen molar-refractivity contribution in [3.63, 3.8) is 0 Å². The fraction of sp³-hybridized carbons (Fsp3) is 0.240. The molecule has 1 aliphatic rings. The summed E-state index contributed by atoms with van der Waals surface area (Å²) in [4.78, 5) is 31.1. The lowest BCUT2D eigenvalue weighted by Gasteiger charge is -2.38. The van der Waals surface area contributed by atoms with E-state index >= 15 is 0 Å². The molecular weight excluding hydrogens is 528 g/mol. The van der Waals surface area contributed by atoms with Crippen molar-refractivity contribution >= 4 is 17.5 Å². The smallest absolute Gasteiger partial charge is 0.282 e. The Kier molecular flexibility index (Phi) is 6.51. The molecule has 1 aliphatic heterocycles. The number of aryl methyl sites for hydroxylation is 2. The molecule has 0 aromatic carbocycles. The highest BCUT2D eigenvalue weighted by atomic mass is 35.5. The van der Waals surface area contributed by atoms with Gasteiger partial charge in [-0.3, -0.25) is 19.3 Å². The van der Waals surface area contributed by atoms with Crippen molar-refractivity contribution in [2.24, 2.45) is 0 Å². The molecule has 1 fully saturated rings. The molecule has 5 rings (SSSR count). The number of alkyl halides is 2. The van der Waals surface area contributed by atoms with Crippen molar-refractivity contribution in [1.82, 2.24) is 24.5 Å². The first kappa shape index (κ1) is 25.6. The van der Waals surface area contributed by atoms with Gasteiger partial charge in [-0.1, -0.05) is 11.6 Å². The molecule has 4 aromatic rings. The normalized spacial score (nSPS) is 14.3. The number of hydrogen-bond donors (Lipinski definition) is 0. The largest absolute Gasteiger partial charge is 0.485 e. The minimum atomic E-state index is -2.77. The van der Waals surface area contributed by atoms with Gasteiger partial charge in [0.25, 0.3) is 11.5 Å². The van der Waals surface area contributed by atoms with Gasteiger partial charge in [-0.05, 0) is 31.5 Å². The van der Waals surface area contributed by atoms with E-state index in [0.717, 1.165) is 6.20 Å². The molecule has 8 nitrogen and oxygen atoms in total. The van der Waals surface area contributed by atoms with E-state index in [4.69, 9.17) is 16.3 Å². The number of halogens is 5. The summed E-state index contributed by atoms with van der Waals surface area (Å²) < 4.78 is 60.5. The molecule has 4 aromatic heterocycles. The highest BCUT2D eigenvalue weighted by Crippen LogP contribution is 2.31. The monoisotopic (exact) mass is 546 g/mol. The maximum Gasteiger partial charge on any atom is 0.282 e. The number of rotatable bonds is 6. The lowest BCUT2D eigenvalue weighted by Crippen LogP contribution is -2.57. The first-order valence-corrected chi connectivity index (χ1v) is 11.7. The minimum absolute atomic E-state index is 0.00895. The van der Waals surface area contributed by atoms with Crippen molar-refractivity contribution in [3.8, 4) is 22.8 Å². The van der Waals surface area contributed by atoms with E-state index in [9.17, 15) is 22.4 Å². The van der Waals surface area contributed by atoms with Gasteiger partial charge < -0.3 is 9.64 Å². The highest BCUT2D eigenvalue weighted by molar-refractivity contribution is 6.31. The Labute approximate surface area is 218 Å². The van der Waals surface area contributed by atoms with Crippen molar-refractivity contribution in [1.29, 1.82) is 0 Å². The van der Waals surface area contributed by atoms with E-state index in [2.05, 4.69) is 19.9 Å². The molecule has 0 radical (unpaired) electrons. The van der Waals surface area contributed by atoms with Gasteiger partial charge >= 0.3 is 0 Å². The molecule has 38 heavy (non-hydrogen) atoms. The van der Waals surface area contributed by atoms with Crippen LogP contribution in [0.1, 0.15) is 17.0 Å². The summed E-state index contributed by atoms with van der Waals surface area (Å²) in [5.41, 5.74) is 1.60. The second-order valence-corrected chi connectivity index (χ2v) is 9.16. The molecule has 0 unspecified atom stereocenters. The summed E-state index contributed by atoms with van der Waals surface area (Å²) in [6.07, 6.45) is 3.86. The van der Waals surface area contributed by atoms with Crippen LogP contribution in [0, 0.1) is 25.5 Å². The van der Waals surface area contributed by atoms with Crippen LogP contribution in [-0.2, 0) is 6.61 Å². The predicted molar refractivity (Wildman–Crippen MR) is 131 cm³/mol. The third-order valence-corrected chi connectivity index (χ3v) is 6.24. The first-order valence-electron chi connectivity index (χ1n) is 11.3. The Morgan fingerprint density at radius 1 is 1.05 bits per heavy atom. The summed E-state index contributed by atoms with van der Waals surface area (Å²) in [7, 11) is 0. The summed E-state index contributed by atoms with van der Waals surface area (Å²) in [5, 5.41) is -0.251. The second kappa shape index (κ2) is 9.67. The molecule has 0 N–H and O–H groups in total. The zero-order valence-corrected chi connectivity index (χ0v) is 20.8. The fourth-order valence-corrected chi connectivity index (χ4v) is 4.17. The number of pyridine rings is 3. The van der Waals surface area contributed by atoms with Gasteiger partial charge in [0.1, 0.15) is 28.9 Å². The zero-order chi connectivity index (χ0) is 27.2. The lowest BCUT2D eigenvalue weighted by atomic mass is 10.1. The number of ether oxygens (including phenoxy) is 1. The van der Waals surface area contributed by atoms with Gasteiger partial charge in [0, 0.05) is 30.2 Å². The van der Waals surface area contributed by atoms with Crippen molar-refractivity contribution < 1.29 is 22.3 Å². The van der Waals surface area contributed by atoms with Gasteiger partial charge in [0.2, 0.25) is 5.95 Å². The predicted octanol–water partition coefficient (Wildman–Crippen LogP) is 4.67. The number of aromatic nitrogens is 5. The van der Waals surface area contributed by atoms with Crippen molar-refractivity contribution in [2.75, 3.05) is 18.0 Å². The van der Waals surface area contributed by atoms with E-state index in [1.54, 1.807) is 32.2 Å². The molecule has 0 aliphatic carbocycles. The summed E-state index contributed by atoms with van der Waals surface area (Å²) >= 11 is 6.33. The van der Waals surface area contributed by atoms with Crippen LogP contribution in [0.4, 0.5) is 23.5 Å². The van der Waals surface area contributed by atoms with Crippen LogP contribution < -0.4 is 15.2 Å². The standard InChI is InChI=1S/C25H19ClF4N6O2/c1-13-8-32-18(17-3-4-31-24(34-17)35-11-25(29,30)12-35)7-20(13)36-14(2)5-21(22(26)23(36)37)38-10-19-16(28)6-15(27)9-33-19/h3-9H,10-12H2,1-2H3. The summed E-state index contributed by atoms with van der Waals surface area (Å²) in [5.74, 6) is -4.32. The molecule has 0 spiro atoms. The van der Waals surface area contributed by atoms with Crippen molar-refractivity contribution in [2.45, 2.75) is 26.4 Å². The van der Waals surface area contributed by atoms with Gasteiger partial charge in [-0.25, -0.2) is 27.5 Å². The van der Waals surface area contributed by atoms with Crippen LogP contribution in [0.25, 0.3) is 17.1 Å². The Morgan fingerprint density at radius 2 is 1.82 bits per heavy atom. The van der Waals surface area contributed by atoms with E-state index in [-0.39, 0.29) is 29.0 Å². The van der Waals surface area contributed by atoms with Gasteiger partial charge in [-0.15, -0.1) is 0 Å². The number of hydrogen-bond acceptors (Lipinski definition) is 7. The van der Waals surface area contributed by atoms with Crippen LogP contribution >= 0.6 is 11.6 Å². The Morgan fingerprint density at radius 3 is 2.53 bits per heavy atom. The summed E-state index contributed by atoms with van der Waals surface area (Å²) in [6.45, 7) is 2.12. The van der Waals surface area contributed by atoms with Gasteiger partial charge in [-0.2, -0.15) is 0 Å². The van der Waals surface area contributed by atoms with Gasteiger partial charge in [0.05, 0.1) is 36.4 Å². The molecule has 0 bridgehead atoms. The Bertz CT molecular complexity index is 1610. The molecule has 196 valence electrons. The fourth-order valence-electron chi connectivity index (χ4n) is 3.97. The average Bonchev–Trinajstić information content (AvgIpc) is 2.86. The number of anilines is 1. The minimum Gasteiger partial charge on any atom is -0.485 e. The molecule has 0 saturated carbocycles. The van der Waals surface area contributed by atoms with Crippen LogP contribution in [0.3, 0.4) is 0 Å². The molecule has 13 heteroatoms. The van der Waals surface area contributed by atoms with Crippen LogP contribution in [0.2, 0.25) is 5.02 Å². The average molecular weight is 547 g/mol. The van der Waals surface area contributed by atoms with Crippen molar-refractivity contribution in [3.05, 3.63) is 86.8 Å². The second-order valence-electron chi connectivity index (χ2n) is 8.79.